The lowest BCUT2D eigenvalue weighted by Crippen LogP contribution is -2.14. The molecule has 1 aromatic heterocycles. The Balaban J connectivity index is 1.72. The fourth-order valence-electron chi connectivity index (χ4n) is 2.26. The van der Waals surface area contributed by atoms with Crippen molar-refractivity contribution in [1.82, 2.24) is 14.8 Å². The number of carbonyl (C=O) groups excluding carboxylic acids is 1. The van der Waals surface area contributed by atoms with Crippen molar-refractivity contribution in [1.29, 1.82) is 0 Å². The highest BCUT2D eigenvalue weighted by Gasteiger charge is 2.10. The van der Waals surface area contributed by atoms with Crippen molar-refractivity contribution in [3.8, 4) is 5.69 Å². The van der Waals surface area contributed by atoms with E-state index in [1.165, 1.54) is 6.33 Å². The van der Waals surface area contributed by atoms with Crippen LogP contribution >= 0.6 is 11.6 Å². The molecular formula is C17H15ClN4O. The third kappa shape index (κ3) is 3.96. The fraction of sp³-hybridized carbons (Fsp3) is 0.118. The van der Waals surface area contributed by atoms with Gasteiger partial charge in [0, 0.05) is 11.4 Å². The molecule has 0 aliphatic carbocycles. The first-order chi connectivity index (χ1) is 11.2. The number of anilines is 1. The second kappa shape index (κ2) is 7.07. The summed E-state index contributed by atoms with van der Waals surface area (Å²) >= 11 is 6.04. The maximum atomic E-state index is 12.2. The standard InChI is InChI=1S/C17H15ClN4O/c18-14-7-8-16(22-12-19-11-20-22)15(10-14)21-17(23)9-6-13-4-2-1-3-5-13/h1-5,7-8,10-12H,6,9H2,(H,21,23). The van der Waals surface area contributed by atoms with Crippen LogP contribution in [0.5, 0.6) is 0 Å². The van der Waals surface area contributed by atoms with Gasteiger partial charge in [-0.05, 0) is 30.2 Å². The second-order valence-corrected chi connectivity index (χ2v) is 5.47. The van der Waals surface area contributed by atoms with Crippen LogP contribution in [0.4, 0.5) is 5.69 Å². The van der Waals surface area contributed by atoms with Gasteiger partial charge >= 0.3 is 0 Å². The Morgan fingerprint density at radius 3 is 2.74 bits per heavy atom. The molecule has 1 amide bonds. The van der Waals surface area contributed by atoms with Crippen LogP contribution in [0.15, 0.2) is 61.2 Å². The van der Waals surface area contributed by atoms with Gasteiger partial charge in [-0.25, -0.2) is 9.67 Å². The molecule has 3 aromatic rings. The molecule has 0 radical (unpaired) electrons. The topological polar surface area (TPSA) is 59.8 Å². The van der Waals surface area contributed by atoms with E-state index in [9.17, 15) is 4.79 Å². The average molecular weight is 327 g/mol. The molecule has 5 nitrogen and oxygen atoms in total. The smallest absolute Gasteiger partial charge is 0.224 e. The van der Waals surface area contributed by atoms with Gasteiger partial charge in [0.2, 0.25) is 5.91 Å². The number of halogens is 1. The first kappa shape index (κ1) is 15.2. The van der Waals surface area contributed by atoms with Crippen molar-refractivity contribution < 1.29 is 4.79 Å². The molecule has 116 valence electrons. The van der Waals surface area contributed by atoms with Crippen molar-refractivity contribution >= 4 is 23.2 Å². The summed E-state index contributed by atoms with van der Waals surface area (Å²) in [5, 5.41) is 7.54. The Morgan fingerprint density at radius 1 is 1.17 bits per heavy atom. The summed E-state index contributed by atoms with van der Waals surface area (Å²) < 4.78 is 1.59. The van der Waals surface area contributed by atoms with Gasteiger partial charge in [-0.15, -0.1) is 0 Å². The monoisotopic (exact) mass is 326 g/mol. The molecule has 0 aliphatic heterocycles. The highest BCUT2D eigenvalue weighted by Crippen LogP contribution is 2.24. The molecule has 3 rings (SSSR count). The average Bonchev–Trinajstić information content (AvgIpc) is 3.08. The first-order valence-electron chi connectivity index (χ1n) is 7.21. The summed E-state index contributed by atoms with van der Waals surface area (Å²) in [6.07, 6.45) is 4.09. The number of aryl methyl sites for hydroxylation is 1. The molecule has 2 aromatic carbocycles. The maximum absolute atomic E-state index is 12.2. The number of aromatic nitrogens is 3. The van der Waals surface area contributed by atoms with Crippen molar-refractivity contribution in [2.24, 2.45) is 0 Å². The number of carbonyl (C=O) groups is 1. The zero-order chi connectivity index (χ0) is 16.1. The van der Waals surface area contributed by atoms with E-state index in [0.717, 1.165) is 11.3 Å². The van der Waals surface area contributed by atoms with Crippen molar-refractivity contribution in [2.75, 3.05) is 5.32 Å². The summed E-state index contributed by atoms with van der Waals surface area (Å²) in [7, 11) is 0. The van der Waals surface area contributed by atoms with Crippen molar-refractivity contribution in [2.45, 2.75) is 12.8 Å². The molecule has 0 atom stereocenters. The Kier molecular flexibility index (Phi) is 4.68. The van der Waals surface area contributed by atoms with Crippen LogP contribution in [-0.2, 0) is 11.2 Å². The highest BCUT2D eigenvalue weighted by atomic mass is 35.5. The largest absolute Gasteiger partial charge is 0.324 e. The molecule has 0 fully saturated rings. The SMILES string of the molecule is O=C(CCc1ccccc1)Nc1cc(Cl)ccc1-n1cncn1. The minimum atomic E-state index is -0.0718. The van der Waals surface area contributed by atoms with Gasteiger partial charge in [-0.3, -0.25) is 4.79 Å². The van der Waals surface area contributed by atoms with E-state index in [0.29, 0.717) is 23.6 Å². The van der Waals surface area contributed by atoms with Crippen molar-refractivity contribution in [3.05, 3.63) is 71.8 Å². The van der Waals surface area contributed by atoms with Gasteiger partial charge in [0.1, 0.15) is 12.7 Å². The van der Waals surface area contributed by atoms with Gasteiger partial charge < -0.3 is 5.32 Å². The molecular weight excluding hydrogens is 312 g/mol. The summed E-state index contributed by atoms with van der Waals surface area (Å²) in [4.78, 5) is 16.1. The van der Waals surface area contributed by atoms with Gasteiger partial charge in [0.05, 0.1) is 11.4 Å². The van der Waals surface area contributed by atoms with Gasteiger partial charge in [0.15, 0.2) is 0 Å². The maximum Gasteiger partial charge on any atom is 0.224 e. The number of hydrogen-bond donors (Lipinski definition) is 1. The molecule has 0 saturated carbocycles. The summed E-state index contributed by atoms with van der Waals surface area (Å²) in [6, 6.07) is 15.2. The normalized spacial score (nSPS) is 10.5. The van der Waals surface area contributed by atoms with Gasteiger partial charge in [-0.2, -0.15) is 5.10 Å². The molecule has 0 saturated heterocycles. The number of benzene rings is 2. The minimum absolute atomic E-state index is 0.0718. The Labute approximate surface area is 138 Å². The van der Waals surface area contributed by atoms with Crippen LogP contribution in [0.3, 0.4) is 0 Å². The number of amides is 1. The van der Waals surface area contributed by atoms with Crippen LogP contribution in [0, 0.1) is 0 Å². The number of nitrogens with zero attached hydrogens (tertiary/aromatic N) is 3. The van der Waals surface area contributed by atoms with E-state index >= 15 is 0 Å². The predicted molar refractivity (Wildman–Crippen MR) is 89.8 cm³/mol. The summed E-state index contributed by atoms with van der Waals surface area (Å²) in [5.74, 6) is -0.0718. The summed E-state index contributed by atoms with van der Waals surface area (Å²) in [5.41, 5.74) is 2.46. The molecule has 23 heavy (non-hydrogen) atoms. The third-order valence-electron chi connectivity index (χ3n) is 3.38. The quantitative estimate of drug-likeness (QED) is 0.780. The van der Waals surface area contributed by atoms with Gasteiger partial charge in [0.25, 0.3) is 0 Å². The lowest BCUT2D eigenvalue weighted by Gasteiger charge is -2.11. The zero-order valence-corrected chi connectivity index (χ0v) is 13.1. The molecule has 0 aliphatic rings. The highest BCUT2D eigenvalue weighted by molar-refractivity contribution is 6.31. The lowest BCUT2D eigenvalue weighted by molar-refractivity contribution is -0.116. The third-order valence-corrected chi connectivity index (χ3v) is 3.62. The summed E-state index contributed by atoms with van der Waals surface area (Å²) in [6.45, 7) is 0. The number of hydrogen-bond acceptors (Lipinski definition) is 3. The van der Waals surface area contributed by atoms with E-state index in [-0.39, 0.29) is 5.91 Å². The van der Waals surface area contributed by atoms with E-state index in [4.69, 9.17) is 11.6 Å². The first-order valence-corrected chi connectivity index (χ1v) is 7.58. The fourth-order valence-corrected chi connectivity index (χ4v) is 2.43. The predicted octanol–water partition coefficient (Wildman–Crippen LogP) is 3.49. The van der Waals surface area contributed by atoms with E-state index in [1.807, 2.05) is 30.3 Å². The lowest BCUT2D eigenvalue weighted by atomic mass is 10.1. The number of rotatable bonds is 5. The Bertz CT molecular complexity index is 788. The minimum Gasteiger partial charge on any atom is -0.324 e. The molecule has 6 heteroatoms. The van der Waals surface area contributed by atoms with E-state index in [2.05, 4.69) is 15.4 Å². The second-order valence-electron chi connectivity index (χ2n) is 5.04. The molecule has 1 heterocycles. The molecule has 1 N–H and O–H groups in total. The van der Waals surface area contributed by atoms with Crippen LogP contribution in [-0.4, -0.2) is 20.7 Å². The van der Waals surface area contributed by atoms with E-state index < -0.39 is 0 Å². The van der Waals surface area contributed by atoms with Crippen molar-refractivity contribution in [3.63, 3.8) is 0 Å². The molecule has 0 bridgehead atoms. The van der Waals surface area contributed by atoms with Crippen LogP contribution < -0.4 is 5.32 Å². The van der Waals surface area contributed by atoms with Crippen LogP contribution in [0.1, 0.15) is 12.0 Å². The van der Waals surface area contributed by atoms with E-state index in [1.54, 1.807) is 29.2 Å². The zero-order valence-electron chi connectivity index (χ0n) is 12.3. The van der Waals surface area contributed by atoms with Gasteiger partial charge in [-0.1, -0.05) is 41.9 Å². The Morgan fingerprint density at radius 2 is 2.00 bits per heavy atom. The molecule has 0 spiro atoms. The van der Waals surface area contributed by atoms with Crippen LogP contribution in [0.2, 0.25) is 5.02 Å². The number of nitrogens with one attached hydrogen (secondary N) is 1. The molecule has 0 unspecified atom stereocenters. The Hall–Kier alpha value is -2.66. The van der Waals surface area contributed by atoms with Crippen LogP contribution in [0.25, 0.3) is 5.69 Å².